The van der Waals surface area contributed by atoms with Crippen molar-refractivity contribution >= 4 is 11.4 Å². The molecule has 0 radical (unpaired) electrons. The Hall–Kier alpha value is -1.90. The quantitative estimate of drug-likeness (QED) is 0.919. The number of benzene rings is 1. The van der Waals surface area contributed by atoms with Crippen LogP contribution in [0.15, 0.2) is 30.3 Å². The minimum atomic E-state index is 0.886. The monoisotopic (exact) mass is 283 g/mol. The van der Waals surface area contributed by atoms with Crippen LogP contribution in [-0.2, 0) is 13.6 Å². The minimum Gasteiger partial charge on any atom is -0.381 e. The zero-order valence-electron chi connectivity index (χ0n) is 13.3. The molecule has 2 heterocycles. The summed E-state index contributed by atoms with van der Waals surface area (Å²) >= 11 is 0. The van der Waals surface area contributed by atoms with E-state index in [1.54, 1.807) is 0 Å². The fraction of sp³-hybridized carbons (Fsp3) is 0.444. The molecular weight excluding hydrogens is 258 g/mol. The van der Waals surface area contributed by atoms with Crippen LogP contribution in [0, 0.1) is 13.8 Å². The highest BCUT2D eigenvalue weighted by atomic mass is 15.1. The zero-order chi connectivity index (χ0) is 14.8. The summed E-state index contributed by atoms with van der Waals surface area (Å²) in [5, 5.41) is 3.57. The summed E-state index contributed by atoms with van der Waals surface area (Å²) in [6.07, 6.45) is 2.64. The summed E-state index contributed by atoms with van der Waals surface area (Å²) in [6, 6.07) is 11.1. The van der Waals surface area contributed by atoms with Crippen LogP contribution in [0.1, 0.15) is 29.8 Å². The Morgan fingerprint density at radius 1 is 1.10 bits per heavy atom. The van der Waals surface area contributed by atoms with Gasteiger partial charge in [0.05, 0.1) is 0 Å². The maximum atomic E-state index is 3.57. The van der Waals surface area contributed by atoms with E-state index in [4.69, 9.17) is 0 Å². The van der Waals surface area contributed by atoms with Gasteiger partial charge in [-0.15, -0.1) is 0 Å². The molecule has 1 fully saturated rings. The van der Waals surface area contributed by atoms with Crippen molar-refractivity contribution in [3.63, 3.8) is 0 Å². The number of hydrogen-bond donors (Lipinski definition) is 1. The van der Waals surface area contributed by atoms with Crippen LogP contribution in [0.25, 0.3) is 0 Å². The molecule has 1 aliphatic heterocycles. The Morgan fingerprint density at radius 3 is 2.52 bits per heavy atom. The lowest BCUT2D eigenvalue weighted by Gasteiger charge is -2.18. The Bertz CT molecular complexity index is 621. The van der Waals surface area contributed by atoms with Crippen LogP contribution in [0.3, 0.4) is 0 Å². The Kier molecular flexibility index (Phi) is 3.91. The number of nitrogens with zero attached hydrogens (tertiary/aromatic N) is 2. The number of aryl methyl sites for hydroxylation is 1. The first kappa shape index (κ1) is 14.1. The first-order chi connectivity index (χ1) is 10.1. The highest BCUT2D eigenvalue weighted by molar-refractivity contribution is 5.58. The molecule has 3 nitrogen and oxygen atoms in total. The van der Waals surface area contributed by atoms with E-state index in [0.717, 1.165) is 6.54 Å². The Morgan fingerprint density at radius 2 is 1.86 bits per heavy atom. The van der Waals surface area contributed by atoms with Crippen molar-refractivity contribution in [2.45, 2.75) is 33.2 Å². The molecule has 3 heteroatoms. The second kappa shape index (κ2) is 5.84. The SMILES string of the molecule is Cc1cc(CNc2cccc(N3CCCC3)c2)c(C)n1C. The number of anilines is 2. The average molecular weight is 283 g/mol. The molecule has 3 rings (SSSR count). The third-order valence-corrected chi connectivity index (χ3v) is 4.68. The summed E-state index contributed by atoms with van der Waals surface area (Å²) in [5.74, 6) is 0. The molecule has 2 aromatic rings. The first-order valence-electron chi connectivity index (χ1n) is 7.86. The molecule has 1 aliphatic rings. The second-order valence-electron chi connectivity index (χ2n) is 6.05. The Labute approximate surface area is 127 Å². The molecule has 0 aliphatic carbocycles. The molecule has 1 saturated heterocycles. The van der Waals surface area contributed by atoms with Crippen molar-refractivity contribution in [2.24, 2.45) is 7.05 Å². The standard InChI is InChI=1S/C18H25N3/c1-14-11-16(15(2)20(14)3)13-19-17-7-6-8-18(12-17)21-9-4-5-10-21/h6-8,11-12,19H,4-5,9-10,13H2,1-3H3. The fourth-order valence-corrected chi connectivity index (χ4v) is 3.10. The molecule has 0 spiro atoms. The smallest absolute Gasteiger partial charge is 0.0418 e. The molecule has 0 amide bonds. The van der Waals surface area contributed by atoms with Gasteiger partial charge in [-0.25, -0.2) is 0 Å². The number of rotatable bonds is 4. The van der Waals surface area contributed by atoms with Crippen molar-refractivity contribution in [1.82, 2.24) is 4.57 Å². The molecule has 112 valence electrons. The van der Waals surface area contributed by atoms with Crippen LogP contribution in [0.2, 0.25) is 0 Å². The normalized spacial score (nSPS) is 14.7. The molecular formula is C18H25N3. The van der Waals surface area contributed by atoms with E-state index >= 15 is 0 Å². The van der Waals surface area contributed by atoms with Crippen LogP contribution in [-0.4, -0.2) is 17.7 Å². The molecule has 0 saturated carbocycles. The maximum Gasteiger partial charge on any atom is 0.0418 e. The summed E-state index contributed by atoms with van der Waals surface area (Å²) in [4.78, 5) is 2.48. The topological polar surface area (TPSA) is 20.2 Å². The molecule has 0 bridgehead atoms. The lowest BCUT2D eigenvalue weighted by Crippen LogP contribution is -2.17. The molecule has 1 N–H and O–H groups in total. The van der Waals surface area contributed by atoms with Gasteiger partial charge in [0.1, 0.15) is 0 Å². The van der Waals surface area contributed by atoms with Crippen LogP contribution in [0.5, 0.6) is 0 Å². The van der Waals surface area contributed by atoms with Gasteiger partial charge < -0.3 is 14.8 Å². The van der Waals surface area contributed by atoms with Gasteiger partial charge in [-0.3, -0.25) is 0 Å². The van der Waals surface area contributed by atoms with Crippen molar-refractivity contribution in [2.75, 3.05) is 23.3 Å². The van der Waals surface area contributed by atoms with Gasteiger partial charge in [0.2, 0.25) is 0 Å². The third kappa shape index (κ3) is 2.92. The highest BCUT2D eigenvalue weighted by Gasteiger charge is 2.12. The van der Waals surface area contributed by atoms with Crippen molar-refractivity contribution < 1.29 is 0 Å². The largest absolute Gasteiger partial charge is 0.381 e. The lowest BCUT2D eigenvalue weighted by molar-refractivity contribution is 0.837. The van der Waals surface area contributed by atoms with Gasteiger partial charge in [0.25, 0.3) is 0 Å². The minimum absolute atomic E-state index is 0.886. The summed E-state index contributed by atoms with van der Waals surface area (Å²) in [7, 11) is 2.13. The third-order valence-electron chi connectivity index (χ3n) is 4.68. The molecule has 0 unspecified atom stereocenters. The summed E-state index contributed by atoms with van der Waals surface area (Å²) < 4.78 is 2.25. The van der Waals surface area contributed by atoms with E-state index in [2.05, 4.69) is 66.0 Å². The molecule has 0 atom stereocenters. The number of nitrogens with one attached hydrogen (secondary N) is 1. The second-order valence-corrected chi connectivity index (χ2v) is 6.05. The van der Waals surface area contributed by atoms with Gasteiger partial charge in [-0.05, 0) is 56.5 Å². The number of hydrogen-bond acceptors (Lipinski definition) is 2. The average Bonchev–Trinajstić information content (AvgIpc) is 3.11. The van der Waals surface area contributed by atoms with E-state index in [0.29, 0.717) is 0 Å². The van der Waals surface area contributed by atoms with E-state index in [9.17, 15) is 0 Å². The summed E-state index contributed by atoms with van der Waals surface area (Å²) in [5.41, 5.74) is 6.59. The summed E-state index contributed by atoms with van der Waals surface area (Å²) in [6.45, 7) is 7.62. The zero-order valence-corrected chi connectivity index (χ0v) is 13.3. The number of aromatic nitrogens is 1. The molecule has 1 aromatic heterocycles. The molecule has 1 aromatic carbocycles. The Balaban J connectivity index is 1.70. The van der Waals surface area contributed by atoms with Crippen molar-refractivity contribution in [1.29, 1.82) is 0 Å². The van der Waals surface area contributed by atoms with Gasteiger partial charge in [-0.1, -0.05) is 6.07 Å². The van der Waals surface area contributed by atoms with E-state index in [1.165, 1.54) is 54.3 Å². The predicted molar refractivity (Wildman–Crippen MR) is 90.1 cm³/mol. The van der Waals surface area contributed by atoms with E-state index < -0.39 is 0 Å². The maximum absolute atomic E-state index is 3.57. The van der Waals surface area contributed by atoms with Crippen LogP contribution >= 0.6 is 0 Å². The predicted octanol–water partition coefficient (Wildman–Crippen LogP) is 3.85. The first-order valence-corrected chi connectivity index (χ1v) is 7.86. The van der Waals surface area contributed by atoms with Crippen LogP contribution in [0.4, 0.5) is 11.4 Å². The van der Waals surface area contributed by atoms with Gasteiger partial charge in [0.15, 0.2) is 0 Å². The van der Waals surface area contributed by atoms with E-state index in [-0.39, 0.29) is 0 Å². The highest BCUT2D eigenvalue weighted by Crippen LogP contribution is 2.24. The molecule has 21 heavy (non-hydrogen) atoms. The lowest BCUT2D eigenvalue weighted by atomic mass is 10.2. The van der Waals surface area contributed by atoms with Gasteiger partial charge in [0, 0.05) is 49.4 Å². The van der Waals surface area contributed by atoms with Crippen molar-refractivity contribution in [3.8, 4) is 0 Å². The fourth-order valence-electron chi connectivity index (χ4n) is 3.10. The van der Waals surface area contributed by atoms with Gasteiger partial charge >= 0.3 is 0 Å². The van der Waals surface area contributed by atoms with Crippen molar-refractivity contribution in [3.05, 3.63) is 47.3 Å². The van der Waals surface area contributed by atoms with Crippen LogP contribution < -0.4 is 10.2 Å². The van der Waals surface area contributed by atoms with E-state index in [1.807, 2.05) is 0 Å². The van der Waals surface area contributed by atoms with Gasteiger partial charge in [-0.2, -0.15) is 0 Å².